The van der Waals surface area contributed by atoms with Crippen LogP contribution in [0.15, 0.2) is 60.0 Å². The molecule has 0 saturated carbocycles. The lowest BCUT2D eigenvalue weighted by atomic mass is 10.1. The first-order valence-electron chi connectivity index (χ1n) is 7.64. The first kappa shape index (κ1) is 15.8. The van der Waals surface area contributed by atoms with Gasteiger partial charge < -0.3 is 4.74 Å². The summed E-state index contributed by atoms with van der Waals surface area (Å²) in [5.74, 6) is 0.558. The van der Waals surface area contributed by atoms with Crippen molar-refractivity contribution in [2.24, 2.45) is 0 Å². The number of anilines is 1. The van der Waals surface area contributed by atoms with Crippen LogP contribution in [-0.2, 0) is 0 Å². The second-order valence-electron chi connectivity index (χ2n) is 5.31. The highest BCUT2D eigenvalue weighted by molar-refractivity contribution is 7.22. The van der Waals surface area contributed by atoms with Crippen LogP contribution in [-0.4, -0.2) is 18.0 Å². The van der Waals surface area contributed by atoms with E-state index in [0.29, 0.717) is 15.8 Å². The Morgan fingerprint density at radius 2 is 1.92 bits per heavy atom. The van der Waals surface area contributed by atoms with Gasteiger partial charge in [0.15, 0.2) is 5.13 Å². The van der Waals surface area contributed by atoms with Crippen LogP contribution in [0.2, 0.25) is 0 Å². The highest BCUT2D eigenvalue weighted by atomic mass is 32.1. The summed E-state index contributed by atoms with van der Waals surface area (Å²) in [6.45, 7) is 0. The summed E-state index contributed by atoms with van der Waals surface area (Å²) < 4.78 is 6.30. The van der Waals surface area contributed by atoms with Gasteiger partial charge in [0.05, 0.1) is 11.8 Å². The molecular weight excluding hydrogens is 352 g/mol. The van der Waals surface area contributed by atoms with E-state index in [9.17, 15) is 4.79 Å². The molecule has 4 aromatic rings. The van der Waals surface area contributed by atoms with Crippen LogP contribution >= 0.6 is 22.7 Å². The van der Waals surface area contributed by atoms with Crippen LogP contribution < -0.4 is 10.1 Å². The van der Waals surface area contributed by atoms with Gasteiger partial charge in [-0.15, -0.1) is 11.3 Å². The zero-order valence-electron chi connectivity index (χ0n) is 13.4. The number of thiophene rings is 1. The number of carbonyl (C=O) groups is 1. The number of carbonyl (C=O) groups excluding carboxylic acids is 1. The van der Waals surface area contributed by atoms with Gasteiger partial charge in [-0.2, -0.15) is 0 Å². The molecule has 0 aliphatic rings. The number of methoxy groups -OCH3 is 1. The first-order chi connectivity index (χ1) is 12.3. The lowest BCUT2D eigenvalue weighted by Gasteiger charge is -2.04. The zero-order chi connectivity index (χ0) is 17.2. The van der Waals surface area contributed by atoms with Gasteiger partial charge in [0.1, 0.15) is 16.1 Å². The van der Waals surface area contributed by atoms with Crippen molar-refractivity contribution in [1.82, 2.24) is 4.98 Å². The Hall–Kier alpha value is -2.70. The molecule has 1 amide bonds. The quantitative estimate of drug-likeness (QED) is 0.534. The standard InChI is InChI=1S/C19H14N2O2S2/c1-23-14-8-5-9-15-16(14)20-19(25-15)21-18(22)17-13(10-11-24-17)12-6-3-2-4-7-12/h2-11H,1H3,(H,20,21,22). The molecule has 0 spiro atoms. The van der Waals surface area contributed by atoms with E-state index in [1.165, 1.54) is 22.7 Å². The van der Waals surface area contributed by atoms with E-state index in [-0.39, 0.29) is 5.91 Å². The third-order valence-electron chi connectivity index (χ3n) is 3.78. The number of benzene rings is 2. The van der Waals surface area contributed by atoms with Gasteiger partial charge in [0.2, 0.25) is 0 Å². The second-order valence-corrected chi connectivity index (χ2v) is 7.26. The third-order valence-corrected chi connectivity index (χ3v) is 5.63. The maximum absolute atomic E-state index is 12.7. The molecule has 4 rings (SSSR count). The largest absolute Gasteiger partial charge is 0.494 e. The van der Waals surface area contributed by atoms with E-state index in [4.69, 9.17) is 4.74 Å². The minimum atomic E-state index is -0.146. The molecule has 0 fully saturated rings. The van der Waals surface area contributed by atoms with E-state index >= 15 is 0 Å². The van der Waals surface area contributed by atoms with Crippen LogP contribution in [0.1, 0.15) is 9.67 Å². The smallest absolute Gasteiger partial charge is 0.268 e. The van der Waals surface area contributed by atoms with Gasteiger partial charge in [-0.1, -0.05) is 47.7 Å². The summed E-state index contributed by atoms with van der Waals surface area (Å²) in [6.07, 6.45) is 0. The molecule has 124 valence electrons. The molecule has 0 saturated heterocycles. The highest BCUT2D eigenvalue weighted by Gasteiger charge is 2.17. The van der Waals surface area contributed by atoms with Gasteiger partial charge in [0.25, 0.3) is 5.91 Å². The van der Waals surface area contributed by atoms with Gasteiger partial charge in [-0.3, -0.25) is 10.1 Å². The van der Waals surface area contributed by atoms with Gasteiger partial charge in [0, 0.05) is 5.56 Å². The SMILES string of the molecule is COc1cccc2sc(NC(=O)c3sccc3-c3ccccc3)nc12. The van der Waals surface area contributed by atoms with Crippen LogP contribution in [0, 0.1) is 0 Å². The minimum absolute atomic E-state index is 0.146. The molecular formula is C19H14N2O2S2. The van der Waals surface area contributed by atoms with Gasteiger partial charge >= 0.3 is 0 Å². The number of amides is 1. The average molecular weight is 366 g/mol. The Balaban J connectivity index is 1.64. The Labute approximate surface area is 152 Å². The maximum Gasteiger partial charge on any atom is 0.268 e. The van der Waals surface area contributed by atoms with Crippen molar-refractivity contribution in [1.29, 1.82) is 0 Å². The summed E-state index contributed by atoms with van der Waals surface area (Å²) in [5.41, 5.74) is 2.72. The third kappa shape index (κ3) is 3.01. The number of fused-ring (bicyclic) bond motifs is 1. The average Bonchev–Trinajstić information content (AvgIpc) is 3.28. The molecule has 0 aliphatic heterocycles. The number of thiazole rings is 1. The number of para-hydroxylation sites is 1. The van der Waals surface area contributed by atoms with Crippen LogP contribution in [0.5, 0.6) is 5.75 Å². The molecule has 0 aliphatic carbocycles. The fourth-order valence-corrected chi connectivity index (χ4v) is 4.32. The van der Waals surface area contributed by atoms with E-state index in [0.717, 1.165) is 21.3 Å². The summed E-state index contributed by atoms with van der Waals surface area (Å²) in [7, 11) is 1.62. The molecule has 0 bridgehead atoms. The van der Waals surface area contributed by atoms with Crippen molar-refractivity contribution in [3.05, 3.63) is 64.9 Å². The highest BCUT2D eigenvalue weighted by Crippen LogP contribution is 2.33. The Kier molecular flexibility index (Phi) is 4.21. The predicted octanol–water partition coefficient (Wildman–Crippen LogP) is 5.29. The molecule has 0 radical (unpaired) electrons. The zero-order valence-corrected chi connectivity index (χ0v) is 15.0. The van der Waals surface area contributed by atoms with E-state index in [1.807, 2.05) is 60.0 Å². The monoisotopic (exact) mass is 366 g/mol. The molecule has 0 unspecified atom stereocenters. The van der Waals surface area contributed by atoms with Gasteiger partial charge in [-0.05, 0) is 29.1 Å². The topological polar surface area (TPSA) is 51.2 Å². The van der Waals surface area contributed by atoms with Crippen molar-refractivity contribution in [3.63, 3.8) is 0 Å². The van der Waals surface area contributed by atoms with Crippen molar-refractivity contribution >= 4 is 43.9 Å². The molecule has 2 aromatic carbocycles. The number of ether oxygens (including phenoxy) is 1. The summed E-state index contributed by atoms with van der Waals surface area (Å²) >= 11 is 2.86. The number of hydrogen-bond donors (Lipinski definition) is 1. The molecule has 6 heteroatoms. The van der Waals surface area contributed by atoms with Crippen molar-refractivity contribution in [2.45, 2.75) is 0 Å². The fraction of sp³-hybridized carbons (Fsp3) is 0.0526. The van der Waals surface area contributed by atoms with Crippen LogP contribution in [0.3, 0.4) is 0 Å². The van der Waals surface area contributed by atoms with E-state index in [1.54, 1.807) is 7.11 Å². The van der Waals surface area contributed by atoms with Crippen molar-refractivity contribution < 1.29 is 9.53 Å². The van der Waals surface area contributed by atoms with Crippen molar-refractivity contribution in [2.75, 3.05) is 12.4 Å². The lowest BCUT2D eigenvalue weighted by molar-refractivity contribution is 0.103. The normalized spacial score (nSPS) is 10.8. The maximum atomic E-state index is 12.7. The Morgan fingerprint density at radius 1 is 1.08 bits per heavy atom. The minimum Gasteiger partial charge on any atom is -0.494 e. The Bertz CT molecular complexity index is 1040. The number of aromatic nitrogens is 1. The molecule has 1 N–H and O–H groups in total. The fourth-order valence-electron chi connectivity index (χ4n) is 2.63. The molecule has 4 nitrogen and oxygen atoms in total. The van der Waals surface area contributed by atoms with Gasteiger partial charge in [-0.25, -0.2) is 4.98 Å². The first-order valence-corrected chi connectivity index (χ1v) is 9.33. The van der Waals surface area contributed by atoms with Crippen LogP contribution in [0.25, 0.3) is 21.3 Å². The molecule has 0 atom stereocenters. The van der Waals surface area contributed by atoms with Crippen molar-refractivity contribution in [3.8, 4) is 16.9 Å². The summed E-state index contributed by atoms with van der Waals surface area (Å²) in [5, 5.41) is 5.41. The second kappa shape index (κ2) is 6.66. The summed E-state index contributed by atoms with van der Waals surface area (Å²) in [6, 6.07) is 17.6. The number of rotatable bonds is 4. The predicted molar refractivity (Wildman–Crippen MR) is 104 cm³/mol. The molecule has 2 heterocycles. The number of hydrogen-bond acceptors (Lipinski definition) is 5. The van der Waals surface area contributed by atoms with E-state index in [2.05, 4.69) is 10.3 Å². The number of nitrogens with zero attached hydrogens (tertiary/aromatic N) is 1. The lowest BCUT2D eigenvalue weighted by Crippen LogP contribution is -2.10. The summed E-state index contributed by atoms with van der Waals surface area (Å²) in [4.78, 5) is 17.9. The van der Waals surface area contributed by atoms with Crippen LogP contribution in [0.4, 0.5) is 5.13 Å². The van der Waals surface area contributed by atoms with E-state index < -0.39 is 0 Å². The Morgan fingerprint density at radius 3 is 2.72 bits per heavy atom. The molecule has 2 aromatic heterocycles. The number of nitrogens with one attached hydrogen (secondary N) is 1. The molecule has 25 heavy (non-hydrogen) atoms.